The van der Waals surface area contributed by atoms with E-state index in [4.69, 9.17) is 9.15 Å². The molecule has 0 saturated carbocycles. The zero-order chi connectivity index (χ0) is 20.2. The highest BCUT2D eigenvalue weighted by Crippen LogP contribution is 2.20. The minimum atomic E-state index is -3.56. The van der Waals surface area contributed by atoms with E-state index in [1.807, 2.05) is 0 Å². The fourth-order valence-corrected chi connectivity index (χ4v) is 4.60. The van der Waals surface area contributed by atoms with Gasteiger partial charge in [0.1, 0.15) is 0 Å². The SMILES string of the molecule is CC(C)(CNC(=O)c1occc1CS(=O)(=O)c1ccccc1)N1CCOCC1. The van der Waals surface area contributed by atoms with Gasteiger partial charge in [-0.05, 0) is 32.0 Å². The molecule has 0 radical (unpaired) electrons. The lowest BCUT2D eigenvalue weighted by Crippen LogP contribution is -2.55. The summed E-state index contributed by atoms with van der Waals surface area (Å²) in [7, 11) is -3.56. The highest BCUT2D eigenvalue weighted by molar-refractivity contribution is 7.90. The molecule has 1 N–H and O–H groups in total. The number of nitrogens with zero attached hydrogens (tertiary/aromatic N) is 1. The smallest absolute Gasteiger partial charge is 0.287 e. The Morgan fingerprint density at radius 3 is 2.50 bits per heavy atom. The Hall–Kier alpha value is -2.16. The first-order chi connectivity index (χ1) is 13.3. The molecule has 1 aromatic carbocycles. The summed E-state index contributed by atoms with van der Waals surface area (Å²) in [5.74, 6) is -0.662. The molecule has 1 aromatic heterocycles. The number of benzene rings is 1. The zero-order valence-electron chi connectivity index (χ0n) is 16.2. The Balaban J connectivity index is 1.67. The molecular formula is C20H26N2O5S. The molecule has 0 unspecified atom stereocenters. The normalized spacial score (nSPS) is 16.1. The van der Waals surface area contributed by atoms with E-state index in [1.165, 1.54) is 12.3 Å². The third-order valence-electron chi connectivity index (χ3n) is 4.95. The van der Waals surface area contributed by atoms with Gasteiger partial charge in [0.25, 0.3) is 5.91 Å². The fraction of sp³-hybridized carbons (Fsp3) is 0.450. The number of rotatable bonds is 7. The Morgan fingerprint density at radius 2 is 1.82 bits per heavy atom. The van der Waals surface area contributed by atoms with Crippen molar-refractivity contribution < 1.29 is 22.4 Å². The molecule has 1 aliphatic heterocycles. The van der Waals surface area contributed by atoms with Crippen LogP contribution in [0, 0.1) is 0 Å². The molecule has 0 spiro atoms. The van der Waals surface area contributed by atoms with E-state index < -0.39 is 15.7 Å². The van der Waals surface area contributed by atoms with Crippen molar-refractivity contribution in [2.75, 3.05) is 32.8 Å². The Morgan fingerprint density at radius 1 is 1.14 bits per heavy atom. The molecule has 152 valence electrons. The monoisotopic (exact) mass is 406 g/mol. The minimum Gasteiger partial charge on any atom is -0.459 e. The topological polar surface area (TPSA) is 88.8 Å². The Kier molecular flexibility index (Phi) is 6.22. The van der Waals surface area contributed by atoms with Gasteiger partial charge in [0.05, 0.1) is 30.1 Å². The van der Waals surface area contributed by atoms with Crippen LogP contribution in [0.4, 0.5) is 0 Å². The van der Waals surface area contributed by atoms with E-state index in [0.717, 1.165) is 13.1 Å². The van der Waals surface area contributed by atoms with Gasteiger partial charge in [0.2, 0.25) is 0 Å². The first kappa shape index (κ1) is 20.6. The number of nitrogens with one attached hydrogen (secondary N) is 1. The Labute approximate surface area is 165 Å². The van der Waals surface area contributed by atoms with Crippen LogP contribution in [0.5, 0.6) is 0 Å². The molecule has 1 fully saturated rings. The van der Waals surface area contributed by atoms with E-state index in [-0.39, 0.29) is 21.9 Å². The lowest BCUT2D eigenvalue weighted by molar-refractivity contribution is -0.00930. The molecule has 1 aliphatic rings. The van der Waals surface area contributed by atoms with E-state index >= 15 is 0 Å². The molecule has 2 heterocycles. The van der Waals surface area contributed by atoms with Gasteiger partial charge in [-0.15, -0.1) is 0 Å². The summed E-state index contributed by atoms with van der Waals surface area (Å²) in [6.07, 6.45) is 1.35. The molecule has 1 amide bonds. The summed E-state index contributed by atoms with van der Waals surface area (Å²) in [5.41, 5.74) is 0.105. The number of ether oxygens (including phenoxy) is 1. The minimum absolute atomic E-state index is 0.0392. The van der Waals surface area contributed by atoms with Crippen LogP contribution in [0.1, 0.15) is 30.0 Å². The second kappa shape index (κ2) is 8.46. The van der Waals surface area contributed by atoms with Crippen molar-refractivity contribution in [2.24, 2.45) is 0 Å². The molecule has 0 bridgehead atoms. The molecule has 7 nitrogen and oxygen atoms in total. The number of hydrogen-bond acceptors (Lipinski definition) is 6. The number of carbonyl (C=O) groups excluding carboxylic acids is 1. The van der Waals surface area contributed by atoms with Crippen molar-refractivity contribution in [1.29, 1.82) is 0 Å². The van der Waals surface area contributed by atoms with Crippen LogP contribution >= 0.6 is 0 Å². The highest BCUT2D eigenvalue weighted by Gasteiger charge is 2.30. The summed E-state index contributed by atoms with van der Waals surface area (Å²) in [5, 5.41) is 2.88. The lowest BCUT2D eigenvalue weighted by Gasteiger charge is -2.40. The molecule has 8 heteroatoms. The predicted octanol–water partition coefficient (Wildman–Crippen LogP) is 2.09. The molecule has 3 rings (SSSR count). The van der Waals surface area contributed by atoms with Crippen molar-refractivity contribution in [1.82, 2.24) is 10.2 Å². The van der Waals surface area contributed by atoms with E-state index in [0.29, 0.717) is 25.3 Å². The second-order valence-corrected chi connectivity index (χ2v) is 9.43. The average Bonchev–Trinajstić information content (AvgIpc) is 3.15. The van der Waals surface area contributed by atoms with Crippen LogP contribution in [-0.4, -0.2) is 57.6 Å². The van der Waals surface area contributed by atoms with Gasteiger partial charge in [0.15, 0.2) is 15.6 Å². The third-order valence-corrected chi connectivity index (χ3v) is 6.63. The molecule has 0 atom stereocenters. The molecule has 28 heavy (non-hydrogen) atoms. The van der Waals surface area contributed by atoms with Crippen LogP contribution in [0.25, 0.3) is 0 Å². The summed E-state index contributed by atoms with van der Waals surface area (Å²) < 4.78 is 35.9. The summed E-state index contributed by atoms with van der Waals surface area (Å²) in [4.78, 5) is 15.1. The predicted molar refractivity (Wildman–Crippen MR) is 105 cm³/mol. The fourth-order valence-electron chi connectivity index (χ4n) is 3.22. The standard InChI is InChI=1S/C20H26N2O5S/c1-20(2,22-9-12-26-13-10-22)15-21-19(23)18-16(8-11-27-18)14-28(24,25)17-6-4-3-5-7-17/h3-8,11H,9-10,12-15H2,1-2H3,(H,21,23). The van der Waals surface area contributed by atoms with Gasteiger partial charge in [0, 0.05) is 30.7 Å². The van der Waals surface area contributed by atoms with Crippen molar-refractivity contribution in [3.05, 3.63) is 54.0 Å². The van der Waals surface area contributed by atoms with Crippen LogP contribution in [0.15, 0.2) is 52.0 Å². The summed E-state index contributed by atoms with van der Waals surface area (Å²) in [6.45, 7) is 7.50. The maximum atomic E-state index is 12.6. The van der Waals surface area contributed by atoms with Crippen molar-refractivity contribution in [2.45, 2.75) is 30.0 Å². The van der Waals surface area contributed by atoms with Gasteiger partial charge in [-0.1, -0.05) is 18.2 Å². The van der Waals surface area contributed by atoms with Gasteiger partial charge >= 0.3 is 0 Å². The van der Waals surface area contributed by atoms with Crippen LogP contribution in [-0.2, 0) is 20.3 Å². The number of carbonyl (C=O) groups is 1. The van der Waals surface area contributed by atoms with Gasteiger partial charge < -0.3 is 14.5 Å². The van der Waals surface area contributed by atoms with Gasteiger partial charge in [-0.2, -0.15) is 0 Å². The third kappa shape index (κ3) is 4.81. The molecule has 1 saturated heterocycles. The number of morpholine rings is 1. The summed E-state index contributed by atoms with van der Waals surface area (Å²) >= 11 is 0. The molecular weight excluding hydrogens is 380 g/mol. The first-order valence-electron chi connectivity index (χ1n) is 9.25. The van der Waals surface area contributed by atoms with Gasteiger partial charge in [-0.3, -0.25) is 9.69 Å². The lowest BCUT2D eigenvalue weighted by atomic mass is 10.0. The van der Waals surface area contributed by atoms with Gasteiger partial charge in [-0.25, -0.2) is 8.42 Å². The van der Waals surface area contributed by atoms with E-state index in [1.54, 1.807) is 30.3 Å². The maximum Gasteiger partial charge on any atom is 0.287 e. The van der Waals surface area contributed by atoms with Crippen molar-refractivity contribution in [3.8, 4) is 0 Å². The van der Waals surface area contributed by atoms with E-state index in [9.17, 15) is 13.2 Å². The molecule has 0 aliphatic carbocycles. The number of hydrogen-bond donors (Lipinski definition) is 1. The van der Waals surface area contributed by atoms with Crippen LogP contribution in [0.2, 0.25) is 0 Å². The number of amides is 1. The molecule has 2 aromatic rings. The largest absolute Gasteiger partial charge is 0.459 e. The number of sulfone groups is 1. The maximum absolute atomic E-state index is 12.6. The zero-order valence-corrected chi connectivity index (χ0v) is 17.0. The second-order valence-electron chi connectivity index (χ2n) is 7.44. The van der Waals surface area contributed by atoms with Crippen LogP contribution < -0.4 is 5.32 Å². The summed E-state index contributed by atoms with van der Waals surface area (Å²) in [6, 6.07) is 9.71. The first-order valence-corrected chi connectivity index (χ1v) is 10.9. The quantitative estimate of drug-likeness (QED) is 0.757. The van der Waals surface area contributed by atoms with E-state index in [2.05, 4.69) is 24.1 Å². The van der Waals surface area contributed by atoms with Crippen molar-refractivity contribution >= 4 is 15.7 Å². The highest BCUT2D eigenvalue weighted by atomic mass is 32.2. The average molecular weight is 407 g/mol. The number of furan rings is 1. The van der Waals surface area contributed by atoms with Crippen LogP contribution in [0.3, 0.4) is 0 Å². The Bertz CT molecular complexity index is 900. The van der Waals surface area contributed by atoms with Crippen molar-refractivity contribution in [3.63, 3.8) is 0 Å².